The maximum absolute atomic E-state index is 12.1. The minimum Gasteiger partial charge on any atom is -0.398 e. The highest BCUT2D eigenvalue weighted by Gasteiger charge is 2.34. The van der Waals surface area contributed by atoms with E-state index in [9.17, 15) is 23.3 Å². The smallest absolute Gasteiger partial charge is 0.398 e. The number of anilines is 1. The van der Waals surface area contributed by atoms with Gasteiger partial charge in [0.2, 0.25) is 10.9 Å². The molecule has 0 atom stereocenters. The van der Waals surface area contributed by atoms with Gasteiger partial charge < -0.3 is 10.5 Å². The molecule has 2 N–H and O–H groups in total. The summed E-state index contributed by atoms with van der Waals surface area (Å²) in [5, 5.41) is 18.4. The van der Waals surface area contributed by atoms with Gasteiger partial charge in [-0.15, -0.1) is 23.4 Å². The number of benzene rings is 1. The summed E-state index contributed by atoms with van der Waals surface area (Å²) < 4.78 is 40.0. The number of nitrogens with zero attached hydrogens (tertiary/aromatic N) is 3. The van der Waals surface area contributed by atoms with Crippen LogP contribution in [0.4, 0.5) is 24.0 Å². The zero-order valence-electron chi connectivity index (χ0n) is 9.42. The van der Waals surface area contributed by atoms with E-state index < -0.39 is 22.7 Å². The van der Waals surface area contributed by atoms with Crippen LogP contribution in [-0.2, 0) is 0 Å². The van der Waals surface area contributed by atoms with E-state index in [2.05, 4.69) is 14.9 Å². The van der Waals surface area contributed by atoms with Crippen LogP contribution < -0.4 is 10.5 Å². The van der Waals surface area contributed by atoms with E-state index in [1.54, 1.807) is 0 Å². The Labute approximate surface area is 113 Å². The van der Waals surface area contributed by atoms with E-state index in [-0.39, 0.29) is 15.7 Å². The summed E-state index contributed by atoms with van der Waals surface area (Å²) in [4.78, 5) is 9.82. The number of halogens is 3. The fourth-order valence-electron chi connectivity index (χ4n) is 1.36. The second-order valence-electron chi connectivity index (χ2n) is 3.43. The summed E-state index contributed by atoms with van der Waals surface area (Å²) in [7, 11) is 0. The Morgan fingerprint density at radius 1 is 1.35 bits per heavy atom. The van der Waals surface area contributed by atoms with Crippen molar-refractivity contribution in [1.29, 1.82) is 0 Å². The van der Waals surface area contributed by atoms with Crippen LogP contribution in [0.15, 0.2) is 18.2 Å². The molecule has 0 aliphatic rings. The molecular formula is C9H5F3N4O3S. The Hall–Kier alpha value is -2.43. The lowest BCUT2D eigenvalue weighted by Gasteiger charge is -2.09. The first-order valence-corrected chi connectivity index (χ1v) is 5.71. The molecule has 0 unspecified atom stereocenters. The Morgan fingerprint density at radius 3 is 2.55 bits per heavy atom. The first-order chi connectivity index (χ1) is 9.26. The number of nitrogen functional groups attached to an aromatic ring is 1. The predicted octanol–water partition coefficient (Wildman–Crippen LogP) is 2.59. The van der Waals surface area contributed by atoms with E-state index in [1.807, 2.05) is 0 Å². The van der Waals surface area contributed by atoms with Crippen LogP contribution in [0.1, 0.15) is 0 Å². The monoisotopic (exact) mass is 306 g/mol. The second kappa shape index (κ2) is 4.92. The lowest BCUT2D eigenvalue weighted by molar-refractivity contribution is -0.388. The third kappa shape index (κ3) is 3.12. The predicted molar refractivity (Wildman–Crippen MR) is 63.1 cm³/mol. The molecule has 0 fully saturated rings. The standard InChI is InChI=1S/C9H5F3N4O3S/c10-9(11,12)19-6-2-1-4(3-5(6)16(17)18)7-14-15-8(13)20-7/h1-3H,(H2,13,15). The Morgan fingerprint density at radius 2 is 2.05 bits per heavy atom. The molecule has 20 heavy (non-hydrogen) atoms. The molecule has 0 spiro atoms. The van der Waals surface area contributed by atoms with E-state index in [0.717, 1.165) is 23.5 Å². The number of nitrogens with two attached hydrogens (primary N) is 1. The fourth-order valence-corrected chi connectivity index (χ4v) is 1.96. The zero-order chi connectivity index (χ0) is 14.9. The van der Waals surface area contributed by atoms with Crippen molar-refractivity contribution in [1.82, 2.24) is 10.2 Å². The van der Waals surface area contributed by atoms with E-state index in [4.69, 9.17) is 5.73 Å². The van der Waals surface area contributed by atoms with Gasteiger partial charge >= 0.3 is 12.0 Å². The molecule has 0 amide bonds. The van der Waals surface area contributed by atoms with Gasteiger partial charge in [-0.1, -0.05) is 11.3 Å². The van der Waals surface area contributed by atoms with Crippen molar-refractivity contribution in [3.63, 3.8) is 0 Å². The zero-order valence-corrected chi connectivity index (χ0v) is 10.2. The summed E-state index contributed by atoms with van der Waals surface area (Å²) in [6.45, 7) is 0. The normalized spacial score (nSPS) is 11.3. The lowest BCUT2D eigenvalue weighted by Crippen LogP contribution is -2.17. The summed E-state index contributed by atoms with van der Waals surface area (Å²) in [6.07, 6.45) is -5.01. The van der Waals surface area contributed by atoms with Gasteiger partial charge in [0.1, 0.15) is 5.01 Å². The molecule has 106 valence electrons. The number of nitro groups is 1. The van der Waals surface area contributed by atoms with Crippen molar-refractivity contribution in [3.05, 3.63) is 28.3 Å². The maximum Gasteiger partial charge on any atom is 0.573 e. The summed E-state index contributed by atoms with van der Waals surface area (Å²) in [6, 6.07) is 2.97. The van der Waals surface area contributed by atoms with Crippen molar-refractivity contribution >= 4 is 22.2 Å². The maximum atomic E-state index is 12.1. The second-order valence-corrected chi connectivity index (χ2v) is 4.44. The van der Waals surface area contributed by atoms with Gasteiger partial charge in [-0.05, 0) is 12.1 Å². The molecule has 7 nitrogen and oxygen atoms in total. The molecular weight excluding hydrogens is 301 g/mol. The molecule has 0 saturated carbocycles. The number of aromatic nitrogens is 2. The van der Waals surface area contributed by atoms with Gasteiger partial charge in [-0.3, -0.25) is 10.1 Å². The van der Waals surface area contributed by atoms with Crippen LogP contribution in [0.2, 0.25) is 0 Å². The molecule has 1 aromatic heterocycles. The molecule has 11 heteroatoms. The highest BCUT2D eigenvalue weighted by Crippen LogP contribution is 2.36. The average Bonchev–Trinajstić information content (AvgIpc) is 2.74. The Bertz CT molecular complexity index is 658. The van der Waals surface area contributed by atoms with Crippen LogP contribution in [0.5, 0.6) is 5.75 Å². The van der Waals surface area contributed by atoms with Crippen LogP contribution >= 0.6 is 11.3 Å². The number of rotatable bonds is 3. The Kier molecular flexibility index (Phi) is 3.44. The number of ether oxygens (including phenoxy) is 1. The molecule has 0 aliphatic carbocycles. The van der Waals surface area contributed by atoms with Gasteiger partial charge in [0.15, 0.2) is 0 Å². The highest BCUT2D eigenvalue weighted by atomic mass is 32.1. The molecule has 0 bridgehead atoms. The topological polar surface area (TPSA) is 104 Å². The number of hydrogen-bond acceptors (Lipinski definition) is 7. The van der Waals surface area contributed by atoms with E-state index in [1.165, 1.54) is 6.07 Å². The minimum absolute atomic E-state index is 0.137. The van der Waals surface area contributed by atoms with Crippen molar-refractivity contribution in [3.8, 4) is 16.3 Å². The number of alkyl halides is 3. The molecule has 0 aliphatic heterocycles. The van der Waals surface area contributed by atoms with Crippen molar-refractivity contribution in [2.75, 3.05) is 5.73 Å². The minimum atomic E-state index is -5.01. The van der Waals surface area contributed by atoms with Crippen LogP contribution in [0.25, 0.3) is 10.6 Å². The third-order valence-corrected chi connectivity index (χ3v) is 2.87. The molecule has 0 saturated heterocycles. The average molecular weight is 306 g/mol. The van der Waals surface area contributed by atoms with Gasteiger partial charge in [0, 0.05) is 11.6 Å². The summed E-state index contributed by atoms with van der Waals surface area (Å²) >= 11 is 0.950. The lowest BCUT2D eigenvalue weighted by atomic mass is 10.2. The largest absolute Gasteiger partial charge is 0.573 e. The van der Waals surface area contributed by atoms with Gasteiger partial charge in [0.25, 0.3) is 0 Å². The van der Waals surface area contributed by atoms with E-state index >= 15 is 0 Å². The van der Waals surface area contributed by atoms with Crippen molar-refractivity contribution in [2.24, 2.45) is 0 Å². The van der Waals surface area contributed by atoms with Gasteiger partial charge in [0.05, 0.1) is 4.92 Å². The van der Waals surface area contributed by atoms with Gasteiger partial charge in [-0.2, -0.15) is 0 Å². The molecule has 1 heterocycles. The van der Waals surface area contributed by atoms with Crippen LogP contribution in [0, 0.1) is 10.1 Å². The summed E-state index contributed by atoms with van der Waals surface area (Å²) in [5.41, 5.74) is 4.76. The Balaban J connectivity index is 2.45. The number of nitro benzene ring substituents is 1. The van der Waals surface area contributed by atoms with Gasteiger partial charge in [-0.25, -0.2) is 0 Å². The SMILES string of the molecule is Nc1nnc(-c2ccc(OC(F)(F)F)c([N+](=O)[O-])c2)s1. The quantitative estimate of drug-likeness (QED) is 0.690. The molecule has 2 rings (SSSR count). The fraction of sp³-hybridized carbons (Fsp3) is 0.111. The first-order valence-electron chi connectivity index (χ1n) is 4.90. The molecule has 1 aromatic carbocycles. The summed E-state index contributed by atoms with van der Waals surface area (Å²) in [5.74, 6) is -0.899. The van der Waals surface area contributed by atoms with Crippen molar-refractivity contribution in [2.45, 2.75) is 6.36 Å². The van der Waals surface area contributed by atoms with Crippen molar-refractivity contribution < 1.29 is 22.8 Å². The first kappa shape index (κ1) is 14.0. The van der Waals surface area contributed by atoms with Crippen LogP contribution in [-0.4, -0.2) is 21.5 Å². The highest BCUT2D eigenvalue weighted by molar-refractivity contribution is 7.18. The third-order valence-electron chi connectivity index (χ3n) is 2.07. The number of hydrogen-bond donors (Lipinski definition) is 1. The molecule has 2 aromatic rings. The molecule has 0 radical (unpaired) electrons. The van der Waals surface area contributed by atoms with Crippen LogP contribution in [0.3, 0.4) is 0 Å². The van der Waals surface area contributed by atoms with E-state index in [0.29, 0.717) is 0 Å².